The first kappa shape index (κ1) is 16.1. The number of aromatic nitrogens is 3. The summed E-state index contributed by atoms with van der Waals surface area (Å²) in [5, 5.41) is 8.51. The van der Waals surface area contributed by atoms with Gasteiger partial charge in [-0.25, -0.2) is 4.68 Å². The maximum Gasteiger partial charge on any atom is 0.0888 e. The Hall–Kier alpha value is -2.42. The van der Waals surface area contributed by atoms with Crippen molar-refractivity contribution in [3.8, 4) is 22.4 Å². The van der Waals surface area contributed by atoms with Gasteiger partial charge in [-0.3, -0.25) is 0 Å². The van der Waals surface area contributed by atoms with Gasteiger partial charge in [-0.05, 0) is 35.4 Å². The second kappa shape index (κ2) is 6.83. The highest BCUT2D eigenvalue weighted by molar-refractivity contribution is 5.68. The normalized spacial score (nSPS) is 15.2. The lowest BCUT2D eigenvalue weighted by Crippen LogP contribution is -2.08. The van der Waals surface area contributed by atoms with E-state index in [9.17, 15) is 0 Å². The predicted molar refractivity (Wildman–Crippen MR) is 102 cm³/mol. The molecule has 3 aromatic rings. The molecule has 4 rings (SSSR count). The van der Waals surface area contributed by atoms with E-state index in [4.69, 9.17) is 0 Å². The Bertz CT molecular complexity index is 822. The van der Waals surface area contributed by atoms with E-state index in [2.05, 4.69) is 77.4 Å². The van der Waals surface area contributed by atoms with Crippen molar-refractivity contribution < 1.29 is 0 Å². The smallest absolute Gasteiger partial charge is 0.0888 e. The van der Waals surface area contributed by atoms with Gasteiger partial charge in [-0.15, -0.1) is 5.10 Å². The SMILES string of the molecule is CC(C)c1ccc(-c2ccc(-c3cnnn3C3CCCC3)cc2)cc1. The molecule has 0 atom stereocenters. The van der Waals surface area contributed by atoms with Gasteiger partial charge in [0.15, 0.2) is 0 Å². The third-order valence-electron chi connectivity index (χ3n) is 5.34. The average Bonchev–Trinajstić information content (AvgIpc) is 3.33. The van der Waals surface area contributed by atoms with Crippen LogP contribution in [0.2, 0.25) is 0 Å². The highest BCUT2D eigenvalue weighted by Gasteiger charge is 2.20. The fourth-order valence-electron chi connectivity index (χ4n) is 3.76. The van der Waals surface area contributed by atoms with Crippen LogP contribution in [0.15, 0.2) is 54.7 Å². The number of nitrogens with zero attached hydrogens (tertiary/aromatic N) is 3. The Labute approximate surface area is 149 Å². The van der Waals surface area contributed by atoms with Crippen molar-refractivity contribution in [1.29, 1.82) is 0 Å². The van der Waals surface area contributed by atoms with Crippen LogP contribution in [0.4, 0.5) is 0 Å². The van der Waals surface area contributed by atoms with Gasteiger partial charge in [0.1, 0.15) is 0 Å². The van der Waals surface area contributed by atoms with E-state index in [1.54, 1.807) is 0 Å². The summed E-state index contributed by atoms with van der Waals surface area (Å²) in [5.74, 6) is 0.569. The van der Waals surface area contributed by atoms with E-state index in [-0.39, 0.29) is 0 Å². The second-order valence-electron chi connectivity index (χ2n) is 7.36. The third kappa shape index (κ3) is 3.23. The van der Waals surface area contributed by atoms with E-state index in [1.807, 2.05) is 6.20 Å². The van der Waals surface area contributed by atoms with Crippen molar-refractivity contribution in [2.45, 2.75) is 51.5 Å². The predicted octanol–water partition coefficient (Wildman–Crippen LogP) is 5.85. The molecule has 0 N–H and O–H groups in total. The van der Waals surface area contributed by atoms with E-state index < -0.39 is 0 Å². The molecule has 1 heterocycles. The molecule has 1 fully saturated rings. The Morgan fingerprint density at radius 1 is 0.840 bits per heavy atom. The fourth-order valence-corrected chi connectivity index (χ4v) is 3.76. The molecule has 128 valence electrons. The van der Waals surface area contributed by atoms with Crippen LogP contribution in [0.5, 0.6) is 0 Å². The zero-order valence-electron chi connectivity index (χ0n) is 15.0. The van der Waals surface area contributed by atoms with E-state index in [0.29, 0.717) is 12.0 Å². The van der Waals surface area contributed by atoms with Gasteiger partial charge in [0, 0.05) is 5.56 Å². The molecule has 1 aromatic heterocycles. The molecule has 1 aliphatic rings. The lowest BCUT2D eigenvalue weighted by molar-refractivity contribution is 0.458. The number of rotatable bonds is 4. The molecule has 3 heteroatoms. The molecular formula is C22H25N3. The summed E-state index contributed by atoms with van der Waals surface area (Å²) in [6.07, 6.45) is 6.93. The molecule has 0 saturated heterocycles. The Balaban J connectivity index is 1.59. The first-order chi connectivity index (χ1) is 12.2. The maximum absolute atomic E-state index is 4.35. The average molecular weight is 331 g/mol. The zero-order chi connectivity index (χ0) is 17.2. The molecule has 0 amide bonds. The minimum Gasteiger partial charge on any atom is -0.242 e. The summed E-state index contributed by atoms with van der Waals surface area (Å²) in [6, 6.07) is 18.2. The molecule has 1 saturated carbocycles. The Kier molecular flexibility index (Phi) is 4.39. The van der Waals surface area contributed by atoms with E-state index in [1.165, 1.54) is 47.9 Å². The van der Waals surface area contributed by atoms with Crippen LogP contribution in [-0.2, 0) is 0 Å². The van der Waals surface area contributed by atoms with Crippen LogP contribution in [0.3, 0.4) is 0 Å². The second-order valence-corrected chi connectivity index (χ2v) is 7.36. The van der Waals surface area contributed by atoms with E-state index >= 15 is 0 Å². The monoisotopic (exact) mass is 331 g/mol. The van der Waals surface area contributed by atoms with Crippen molar-refractivity contribution in [1.82, 2.24) is 15.0 Å². The first-order valence-electron chi connectivity index (χ1n) is 9.33. The highest BCUT2D eigenvalue weighted by atomic mass is 15.4. The summed E-state index contributed by atoms with van der Waals surface area (Å²) < 4.78 is 2.12. The Morgan fingerprint density at radius 3 is 2.00 bits per heavy atom. The lowest BCUT2D eigenvalue weighted by atomic mass is 9.98. The first-order valence-corrected chi connectivity index (χ1v) is 9.33. The quantitative estimate of drug-likeness (QED) is 0.600. The van der Waals surface area contributed by atoms with Gasteiger partial charge in [0.2, 0.25) is 0 Å². The van der Waals surface area contributed by atoms with Gasteiger partial charge in [0.25, 0.3) is 0 Å². The summed E-state index contributed by atoms with van der Waals surface area (Å²) in [5.41, 5.74) is 6.22. The fraction of sp³-hybridized carbons (Fsp3) is 0.364. The standard InChI is InChI=1S/C22H25N3/c1-16(2)17-7-9-18(10-8-17)19-11-13-20(14-12-19)22-15-23-24-25(22)21-5-3-4-6-21/h7-16,21H,3-6H2,1-2H3. The molecule has 0 spiro atoms. The number of hydrogen-bond donors (Lipinski definition) is 0. The van der Waals surface area contributed by atoms with Crippen molar-refractivity contribution in [2.75, 3.05) is 0 Å². The molecule has 0 bridgehead atoms. The lowest BCUT2D eigenvalue weighted by Gasteiger charge is -2.13. The van der Waals surface area contributed by atoms with Gasteiger partial charge in [0.05, 0.1) is 17.9 Å². The largest absolute Gasteiger partial charge is 0.242 e. The molecule has 1 aliphatic carbocycles. The molecular weight excluding hydrogens is 306 g/mol. The van der Waals surface area contributed by atoms with Crippen LogP contribution < -0.4 is 0 Å². The third-order valence-corrected chi connectivity index (χ3v) is 5.34. The van der Waals surface area contributed by atoms with E-state index in [0.717, 1.165) is 5.69 Å². The molecule has 0 radical (unpaired) electrons. The zero-order valence-corrected chi connectivity index (χ0v) is 15.0. The number of hydrogen-bond acceptors (Lipinski definition) is 2. The van der Waals surface area contributed by atoms with Crippen LogP contribution in [0.25, 0.3) is 22.4 Å². The molecule has 2 aromatic carbocycles. The summed E-state index contributed by atoms with van der Waals surface area (Å²) in [4.78, 5) is 0. The van der Waals surface area contributed by atoms with Gasteiger partial charge in [-0.2, -0.15) is 0 Å². The van der Waals surface area contributed by atoms with Crippen LogP contribution in [0, 0.1) is 0 Å². The number of benzene rings is 2. The molecule has 0 aliphatic heterocycles. The van der Waals surface area contributed by atoms with Crippen molar-refractivity contribution >= 4 is 0 Å². The van der Waals surface area contributed by atoms with Gasteiger partial charge < -0.3 is 0 Å². The summed E-state index contributed by atoms with van der Waals surface area (Å²) in [6.45, 7) is 4.46. The van der Waals surface area contributed by atoms with Crippen LogP contribution >= 0.6 is 0 Å². The minimum absolute atomic E-state index is 0.515. The molecule has 3 nitrogen and oxygen atoms in total. The van der Waals surface area contributed by atoms with Crippen molar-refractivity contribution in [3.05, 3.63) is 60.3 Å². The van der Waals surface area contributed by atoms with Crippen molar-refractivity contribution in [2.24, 2.45) is 0 Å². The summed E-state index contributed by atoms with van der Waals surface area (Å²) in [7, 11) is 0. The summed E-state index contributed by atoms with van der Waals surface area (Å²) >= 11 is 0. The Morgan fingerprint density at radius 2 is 1.40 bits per heavy atom. The minimum atomic E-state index is 0.515. The van der Waals surface area contributed by atoms with Gasteiger partial charge in [-0.1, -0.05) is 80.4 Å². The molecule has 0 unspecified atom stereocenters. The maximum atomic E-state index is 4.35. The topological polar surface area (TPSA) is 30.7 Å². The highest BCUT2D eigenvalue weighted by Crippen LogP contribution is 2.33. The van der Waals surface area contributed by atoms with Crippen LogP contribution in [-0.4, -0.2) is 15.0 Å². The van der Waals surface area contributed by atoms with Crippen molar-refractivity contribution in [3.63, 3.8) is 0 Å². The molecule has 25 heavy (non-hydrogen) atoms. The van der Waals surface area contributed by atoms with Crippen LogP contribution in [0.1, 0.15) is 57.1 Å². The van der Waals surface area contributed by atoms with Gasteiger partial charge >= 0.3 is 0 Å².